The highest BCUT2D eigenvalue weighted by Gasteiger charge is 2.40. The van der Waals surface area contributed by atoms with Gasteiger partial charge in [0.05, 0.1) is 6.04 Å². The van der Waals surface area contributed by atoms with Crippen LogP contribution < -0.4 is 5.32 Å². The summed E-state index contributed by atoms with van der Waals surface area (Å²) < 4.78 is 0. The van der Waals surface area contributed by atoms with Crippen LogP contribution in [0, 0.1) is 5.92 Å². The molecule has 1 aliphatic heterocycles. The van der Waals surface area contributed by atoms with E-state index >= 15 is 0 Å². The lowest BCUT2D eigenvalue weighted by atomic mass is 9.99. The van der Waals surface area contributed by atoms with Gasteiger partial charge in [0.15, 0.2) is 0 Å². The zero-order valence-corrected chi connectivity index (χ0v) is 14.2. The topological polar surface area (TPSA) is 32.3 Å². The van der Waals surface area contributed by atoms with Crippen molar-refractivity contribution in [3.05, 3.63) is 29.8 Å². The van der Waals surface area contributed by atoms with E-state index in [-0.39, 0.29) is 18.1 Å². The van der Waals surface area contributed by atoms with Crippen LogP contribution in [-0.2, 0) is 4.79 Å². The Morgan fingerprint density at radius 3 is 2.48 bits per heavy atom. The predicted molar refractivity (Wildman–Crippen MR) is 89.3 cm³/mol. The fraction of sp³-hybridized carbons (Fsp3) is 0.588. The molecule has 21 heavy (non-hydrogen) atoms. The van der Waals surface area contributed by atoms with Crippen molar-refractivity contribution in [2.75, 3.05) is 12.8 Å². The first-order valence-corrected chi connectivity index (χ1v) is 9.05. The summed E-state index contributed by atoms with van der Waals surface area (Å²) in [6.07, 6.45) is 4.10. The van der Waals surface area contributed by atoms with Gasteiger partial charge in [0, 0.05) is 11.4 Å². The maximum atomic E-state index is 12.7. The molecule has 0 bridgehead atoms. The summed E-state index contributed by atoms with van der Waals surface area (Å²) in [5.41, 5.74) is 1.18. The van der Waals surface area contributed by atoms with Crippen LogP contribution in [0.25, 0.3) is 0 Å². The molecule has 0 spiro atoms. The first kappa shape index (κ1) is 16.4. The average molecular weight is 306 g/mol. The maximum absolute atomic E-state index is 12.7. The molecule has 1 amide bonds. The highest BCUT2D eigenvalue weighted by Crippen LogP contribution is 2.30. The number of thioether (sulfide) groups is 1. The molecule has 1 fully saturated rings. The Balaban J connectivity index is 2.24. The van der Waals surface area contributed by atoms with Crippen molar-refractivity contribution in [3.63, 3.8) is 0 Å². The van der Waals surface area contributed by atoms with E-state index in [0.29, 0.717) is 5.92 Å². The van der Waals surface area contributed by atoms with Crippen molar-refractivity contribution < 1.29 is 4.79 Å². The van der Waals surface area contributed by atoms with Gasteiger partial charge in [-0.15, -0.1) is 11.8 Å². The Hall–Kier alpha value is -1.00. The van der Waals surface area contributed by atoms with Gasteiger partial charge in [0.2, 0.25) is 5.91 Å². The van der Waals surface area contributed by atoms with E-state index in [1.165, 1.54) is 10.5 Å². The fourth-order valence-electron chi connectivity index (χ4n) is 2.82. The molecule has 1 aliphatic rings. The Bertz CT molecular complexity index is 474. The summed E-state index contributed by atoms with van der Waals surface area (Å²) in [4.78, 5) is 15.9. The molecule has 3 nitrogen and oxygen atoms in total. The lowest BCUT2D eigenvalue weighted by Crippen LogP contribution is -2.35. The van der Waals surface area contributed by atoms with Crippen LogP contribution in [0.5, 0.6) is 0 Å². The summed E-state index contributed by atoms with van der Waals surface area (Å²) >= 11 is 1.74. The molecule has 1 saturated heterocycles. The van der Waals surface area contributed by atoms with E-state index in [1.807, 2.05) is 4.90 Å². The maximum Gasteiger partial charge on any atom is 0.241 e. The molecule has 1 aromatic rings. The van der Waals surface area contributed by atoms with Crippen molar-refractivity contribution in [2.24, 2.45) is 5.92 Å². The van der Waals surface area contributed by atoms with E-state index in [9.17, 15) is 4.79 Å². The first-order valence-electron chi connectivity index (χ1n) is 7.82. The first-order chi connectivity index (χ1) is 10.1. The quantitative estimate of drug-likeness (QED) is 0.814. The molecule has 3 unspecified atom stereocenters. The van der Waals surface area contributed by atoms with Crippen molar-refractivity contribution in [1.82, 2.24) is 10.2 Å². The molecule has 4 heteroatoms. The Morgan fingerprint density at radius 2 is 1.95 bits per heavy atom. The smallest absolute Gasteiger partial charge is 0.241 e. The number of nitrogens with zero attached hydrogens (tertiary/aromatic N) is 1. The minimum Gasteiger partial charge on any atom is -0.322 e. The van der Waals surface area contributed by atoms with Crippen LogP contribution in [0.1, 0.15) is 45.3 Å². The summed E-state index contributed by atoms with van der Waals surface area (Å²) in [6.45, 7) is 7.23. The molecule has 0 saturated carbocycles. The molecule has 116 valence electrons. The monoisotopic (exact) mass is 306 g/mol. The van der Waals surface area contributed by atoms with Gasteiger partial charge in [0.1, 0.15) is 6.17 Å². The van der Waals surface area contributed by atoms with Crippen LogP contribution in [0.3, 0.4) is 0 Å². The van der Waals surface area contributed by atoms with Gasteiger partial charge in [-0.3, -0.25) is 10.1 Å². The lowest BCUT2D eigenvalue weighted by molar-refractivity contribution is -0.131. The van der Waals surface area contributed by atoms with E-state index < -0.39 is 0 Å². The van der Waals surface area contributed by atoms with Crippen molar-refractivity contribution in [1.29, 1.82) is 0 Å². The third-order valence-electron chi connectivity index (χ3n) is 4.31. The van der Waals surface area contributed by atoms with Crippen molar-refractivity contribution in [3.8, 4) is 0 Å². The molecule has 0 radical (unpaired) electrons. The lowest BCUT2D eigenvalue weighted by Gasteiger charge is -2.24. The Kier molecular flexibility index (Phi) is 5.71. The number of carbonyl (C=O) groups is 1. The highest BCUT2D eigenvalue weighted by molar-refractivity contribution is 7.98. The molecule has 3 atom stereocenters. The molecule has 1 aromatic carbocycles. The van der Waals surface area contributed by atoms with E-state index in [2.05, 4.69) is 56.6 Å². The van der Waals surface area contributed by atoms with Gasteiger partial charge < -0.3 is 4.90 Å². The normalized spacial score (nSPS) is 23.6. The summed E-state index contributed by atoms with van der Waals surface area (Å²) in [5, 5.41) is 3.55. The number of benzene rings is 1. The summed E-state index contributed by atoms with van der Waals surface area (Å²) in [6, 6.07) is 8.49. The zero-order valence-electron chi connectivity index (χ0n) is 13.4. The van der Waals surface area contributed by atoms with Crippen LogP contribution in [0.15, 0.2) is 29.2 Å². The van der Waals surface area contributed by atoms with Crippen LogP contribution in [0.4, 0.5) is 0 Å². The standard InChI is InChI=1S/C17H26N2OS/c1-5-11-19-16(13-7-9-14(21-4)10-8-13)18-15(17(19)20)12(3)6-2/h7-10,12,15-16,18H,5-6,11H2,1-4H3. The minimum atomic E-state index is -0.0493. The van der Waals surface area contributed by atoms with Gasteiger partial charge in [-0.25, -0.2) is 0 Å². The third kappa shape index (κ3) is 3.43. The number of hydrogen-bond acceptors (Lipinski definition) is 3. The zero-order chi connectivity index (χ0) is 15.4. The average Bonchev–Trinajstić information content (AvgIpc) is 2.84. The van der Waals surface area contributed by atoms with Gasteiger partial charge in [0.25, 0.3) is 0 Å². The molecular weight excluding hydrogens is 280 g/mol. The SMILES string of the molecule is CCCN1C(=O)C(C(C)CC)NC1c1ccc(SC)cc1. The third-order valence-corrected chi connectivity index (χ3v) is 5.05. The number of nitrogens with one attached hydrogen (secondary N) is 1. The Labute approximate surface area is 132 Å². The van der Waals surface area contributed by atoms with E-state index in [4.69, 9.17) is 0 Å². The fourth-order valence-corrected chi connectivity index (χ4v) is 3.23. The van der Waals surface area contributed by atoms with E-state index in [1.54, 1.807) is 11.8 Å². The molecule has 2 rings (SSSR count). The molecule has 0 aromatic heterocycles. The Morgan fingerprint density at radius 1 is 1.29 bits per heavy atom. The highest BCUT2D eigenvalue weighted by atomic mass is 32.2. The van der Waals surface area contributed by atoms with Gasteiger partial charge in [-0.1, -0.05) is 39.3 Å². The molecule has 1 N–H and O–H groups in total. The number of carbonyl (C=O) groups excluding carboxylic acids is 1. The minimum absolute atomic E-state index is 0.0207. The number of rotatable bonds is 6. The second-order valence-electron chi connectivity index (χ2n) is 5.74. The van der Waals surface area contributed by atoms with Gasteiger partial charge >= 0.3 is 0 Å². The molecule has 1 heterocycles. The number of hydrogen-bond donors (Lipinski definition) is 1. The second kappa shape index (κ2) is 7.32. The van der Waals surface area contributed by atoms with Gasteiger partial charge in [-0.05, 0) is 36.3 Å². The van der Waals surface area contributed by atoms with E-state index in [0.717, 1.165) is 19.4 Å². The molecule has 0 aliphatic carbocycles. The predicted octanol–water partition coefficient (Wildman–Crippen LogP) is 3.66. The summed E-state index contributed by atoms with van der Waals surface area (Å²) in [7, 11) is 0. The number of amides is 1. The van der Waals surface area contributed by atoms with Gasteiger partial charge in [-0.2, -0.15) is 0 Å². The largest absolute Gasteiger partial charge is 0.322 e. The van der Waals surface area contributed by atoms with Crippen LogP contribution in [0.2, 0.25) is 0 Å². The second-order valence-corrected chi connectivity index (χ2v) is 6.62. The summed E-state index contributed by atoms with van der Waals surface area (Å²) in [5.74, 6) is 0.623. The molecular formula is C17H26N2OS. The van der Waals surface area contributed by atoms with Crippen LogP contribution >= 0.6 is 11.8 Å². The van der Waals surface area contributed by atoms with Crippen molar-refractivity contribution >= 4 is 17.7 Å². The van der Waals surface area contributed by atoms with Crippen molar-refractivity contribution in [2.45, 2.75) is 50.7 Å². The van der Waals surface area contributed by atoms with Crippen LogP contribution in [-0.4, -0.2) is 29.6 Å².